The van der Waals surface area contributed by atoms with Gasteiger partial charge in [0.25, 0.3) is 0 Å². The van der Waals surface area contributed by atoms with Crippen LogP contribution in [0.1, 0.15) is 51.5 Å². The fourth-order valence-electron chi connectivity index (χ4n) is 3.74. The highest BCUT2D eigenvalue weighted by Crippen LogP contribution is 2.34. The minimum atomic E-state index is -3.44. The molecule has 156 valence electrons. The maximum Gasteiger partial charge on any atom is 0.163 e. The van der Waals surface area contributed by atoms with E-state index in [1.165, 1.54) is 6.07 Å². The lowest BCUT2D eigenvalue weighted by Gasteiger charge is -2.19. The Bertz CT molecular complexity index is 858. The molecule has 1 aliphatic heterocycles. The molecule has 0 radical (unpaired) electrons. The number of aliphatic hydroxyl groups is 2. The van der Waals surface area contributed by atoms with Crippen LogP contribution in [0.3, 0.4) is 0 Å². The van der Waals surface area contributed by atoms with Crippen LogP contribution in [0, 0.1) is 0 Å². The van der Waals surface area contributed by atoms with Gasteiger partial charge in [-0.3, -0.25) is 0 Å². The number of sulfone groups is 1. The number of benzene rings is 1. The summed E-state index contributed by atoms with van der Waals surface area (Å²) in [5.74, 6) is 0.0214. The van der Waals surface area contributed by atoms with Crippen molar-refractivity contribution in [2.24, 2.45) is 0 Å². The first-order valence-corrected chi connectivity index (χ1v) is 11.7. The van der Waals surface area contributed by atoms with E-state index < -0.39 is 27.8 Å². The molecule has 1 aromatic carbocycles. The zero-order valence-electron chi connectivity index (χ0n) is 16.4. The number of rotatable bonds is 9. The Hall–Kier alpha value is -1.34. The van der Waals surface area contributed by atoms with Gasteiger partial charge in [-0.15, -0.1) is 0 Å². The first kappa shape index (κ1) is 22.9. The Morgan fingerprint density at radius 2 is 2.04 bits per heavy atom. The minimum Gasteiger partial charge on any atom is -0.508 e. The van der Waals surface area contributed by atoms with Crippen LogP contribution in [0.2, 0.25) is 5.02 Å². The highest BCUT2D eigenvalue weighted by Gasteiger charge is 2.40. The first-order chi connectivity index (χ1) is 13.2. The van der Waals surface area contributed by atoms with Crippen LogP contribution in [-0.2, 0) is 9.84 Å². The maximum atomic E-state index is 12.3. The van der Waals surface area contributed by atoms with Gasteiger partial charge in [-0.1, -0.05) is 49.1 Å². The molecule has 0 amide bonds. The molecule has 0 aromatic heterocycles. The number of allylic oxidation sites excluding steroid dienone is 1. The molecule has 3 N–H and O–H groups in total. The van der Waals surface area contributed by atoms with Gasteiger partial charge in [0.15, 0.2) is 9.84 Å². The van der Waals surface area contributed by atoms with Crippen molar-refractivity contribution in [1.29, 1.82) is 0 Å². The second kappa shape index (κ2) is 9.92. The smallest absolute Gasteiger partial charge is 0.163 e. The van der Waals surface area contributed by atoms with Crippen molar-refractivity contribution in [3.05, 3.63) is 45.5 Å². The molecule has 7 heteroatoms. The Balaban J connectivity index is 2.19. The summed E-state index contributed by atoms with van der Waals surface area (Å²) in [7, 11) is -3.44. The predicted octanol–water partition coefficient (Wildman–Crippen LogP) is 3.87. The van der Waals surface area contributed by atoms with Crippen LogP contribution in [0.25, 0.3) is 6.08 Å². The third kappa shape index (κ3) is 5.38. The summed E-state index contributed by atoms with van der Waals surface area (Å²) in [4.78, 5) is 0. The van der Waals surface area contributed by atoms with Gasteiger partial charge in [0.05, 0.1) is 23.5 Å². The number of aliphatic hydroxyl groups excluding tert-OH is 2. The Kier molecular flexibility index (Phi) is 8.13. The Morgan fingerprint density at radius 1 is 1.32 bits per heavy atom. The lowest BCUT2D eigenvalue weighted by atomic mass is 9.93. The van der Waals surface area contributed by atoms with Gasteiger partial charge in [-0.05, 0) is 55.0 Å². The van der Waals surface area contributed by atoms with Crippen molar-refractivity contribution in [2.75, 3.05) is 12.4 Å². The number of hydrogen-bond donors (Lipinski definition) is 3. The highest BCUT2D eigenvalue weighted by molar-refractivity contribution is 7.92. The van der Waals surface area contributed by atoms with Gasteiger partial charge < -0.3 is 15.3 Å². The van der Waals surface area contributed by atoms with E-state index in [0.717, 1.165) is 24.0 Å². The second-order valence-electron chi connectivity index (χ2n) is 7.20. The molecular formula is C21H29ClO5S. The molecule has 0 unspecified atom stereocenters. The first-order valence-electron chi connectivity index (χ1n) is 9.63. The van der Waals surface area contributed by atoms with E-state index in [-0.39, 0.29) is 11.5 Å². The van der Waals surface area contributed by atoms with E-state index in [4.69, 9.17) is 11.6 Å². The standard InChI is InChI=1S/C21H29ClO5S/c1-3-5-14(10-16-7-8-17(24)11-18(16)22)6-9-19(25)21-15(4-2)13-28(26,27)20(21)12-23/h7-8,10-11,19-20,23-25H,3-6,9,12-13H2,1-2H3/b14-10+/t19-,20+/m1/s1. The lowest BCUT2D eigenvalue weighted by Crippen LogP contribution is -2.29. The van der Waals surface area contributed by atoms with Gasteiger partial charge in [0.1, 0.15) is 11.0 Å². The van der Waals surface area contributed by atoms with Crippen LogP contribution < -0.4 is 0 Å². The van der Waals surface area contributed by atoms with Crippen molar-refractivity contribution in [3.8, 4) is 5.75 Å². The summed E-state index contributed by atoms with van der Waals surface area (Å²) in [6.45, 7) is 3.43. The van der Waals surface area contributed by atoms with Gasteiger partial charge >= 0.3 is 0 Å². The van der Waals surface area contributed by atoms with Crippen LogP contribution in [-0.4, -0.2) is 47.5 Å². The number of aromatic hydroxyl groups is 1. The van der Waals surface area contributed by atoms with Crippen LogP contribution >= 0.6 is 11.6 Å². The van der Waals surface area contributed by atoms with E-state index in [1.54, 1.807) is 12.1 Å². The third-order valence-corrected chi connectivity index (χ3v) is 7.52. The van der Waals surface area contributed by atoms with Crippen molar-refractivity contribution in [3.63, 3.8) is 0 Å². The number of phenolic OH excluding ortho intramolecular Hbond substituents is 1. The number of phenols is 1. The Labute approximate surface area is 172 Å². The lowest BCUT2D eigenvalue weighted by molar-refractivity contribution is 0.188. The van der Waals surface area contributed by atoms with Crippen LogP contribution in [0.4, 0.5) is 0 Å². The van der Waals surface area contributed by atoms with Crippen LogP contribution in [0.5, 0.6) is 5.75 Å². The van der Waals surface area contributed by atoms with E-state index in [1.807, 2.05) is 13.0 Å². The van der Waals surface area contributed by atoms with Gasteiger partial charge in [0.2, 0.25) is 0 Å². The Morgan fingerprint density at radius 3 is 2.61 bits per heavy atom. The second-order valence-corrected chi connectivity index (χ2v) is 9.79. The summed E-state index contributed by atoms with van der Waals surface area (Å²) >= 11 is 6.19. The largest absolute Gasteiger partial charge is 0.508 e. The molecule has 2 rings (SSSR count). The molecule has 1 aromatic rings. The van der Waals surface area contributed by atoms with E-state index in [0.29, 0.717) is 35.4 Å². The quantitative estimate of drug-likeness (QED) is 0.519. The van der Waals surface area contributed by atoms with Crippen LogP contribution in [0.15, 0.2) is 34.9 Å². The average Bonchev–Trinajstić information content (AvgIpc) is 2.91. The molecule has 5 nitrogen and oxygen atoms in total. The number of hydrogen-bond acceptors (Lipinski definition) is 5. The van der Waals surface area contributed by atoms with Gasteiger partial charge in [-0.2, -0.15) is 0 Å². The van der Waals surface area contributed by atoms with E-state index >= 15 is 0 Å². The van der Waals surface area contributed by atoms with Crippen molar-refractivity contribution >= 4 is 27.5 Å². The topological polar surface area (TPSA) is 94.8 Å². The summed E-state index contributed by atoms with van der Waals surface area (Å²) in [5, 5.41) is 29.3. The summed E-state index contributed by atoms with van der Waals surface area (Å²) in [6, 6.07) is 4.80. The third-order valence-electron chi connectivity index (χ3n) is 5.17. The normalized spacial score (nSPS) is 20.6. The molecule has 0 bridgehead atoms. The molecular weight excluding hydrogens is 400 g/mol. The molecule has 2 atom stereocenters. The maximum absolute atomic E-state index is 12.3. The van der Waals surface area contributed by atoms with E-state index in [2.05, 4.69) is 6.92 Å². The fraction of sp³-hybridized carbons (Fsp3) is 0.524. The monoisotopic (exact) mass is 428 g/mol. The summed E-state index contributed by atoms with van der Waals surface area (Å²) < 4.78 is 24.5. The average molecular weight is 429 g/mol. The zero-order chi connectivity index (χ0) is 20.9. The predicted molar refractivity (Wildman–Crippen MR) is 113 cm³/mol. The van der Waals surface area contributed by atoms with Crippen molar-refractivity contribution < 1.29 is 23.7 Å². The molecule has 0 fully saturated rings. The van der Waals surface area contributed by atoms with Crippen molar-refractivity contribution in [1.82, 2.24) is 0 Å². The molecule has 0 aliphatic carbocycles. The van der Waals surface area contributed by atoms with Crippen molar-refractivity contribution in [2.45, 2.75) is 57.3 Å². The summed E-state index contributed by atoms with van der Waals surface area (Å²) in [6.07, 6.45) is 4.32. The minimum absolute atomic E-state index is 0.0815. The van der Waals surface area contributed by atoms with Gasteiger partial charge in [-0.25, -0.2) is 8.42 Å². The van der Waals surface area contributed by atoms with E-state index in [9.17, 15) is 23.7 Å². The highest BCUT2D eigenvalue weighted by atomic mass is 35.5. The molecule has 1 aliphatic rings. The fourth-order valence-corrected chi connectivity index (χ4v) is 5.96. The summed E-state index contributed by atoms with van der Waals surface area (Å²) in [5.41, 5.74) is 3.08. The molecule has 28 heavy (non-hydrogen) atoms. The number of halogens is 1. The molecule has 0 saturated heterocycles. The molecule has 0 spiro atoms. The molecule has 1 heterocycles. The zero-order valence-corrected chi connectivity index (χ0v) is 17.9. The molecule has 0 saturated carbocycles. The SMILES string of the molecule is CCC/C(=C\c1ccc(O)cc1Cl)CC[C@@H](O)C1=C(CC)CS(=O)(=O)[C@H]1CO. The van der Waals surface area contributed by atoms with Gasteiger partial charge in [0, 0.05) is 0 Å².